The van der Waals surface area contributed by atoms with E-state index < -0.39 is 11.8 Å². The van der Waals surface area contributed by atoms with Gasteiger partial charge in [0.15, 0.2) is 0 Å². The zero-order valence-electron chi connectivity index (χ0n) is 16.5. The number of hydrogen-bond acceptors (Lipinski definition) is 4. The lowest BCUT2D eigenvalue weighted by Gasteiger charge is -2.51. The van der Waals surface area contributed by atoms with Gasteiger partial charge in [0.05, 0.1) is 0 Å². The summed E-state index contributed by atoms with van der Waals surface area (Å²) in [6.45, 7) is 8.25. The molecule has 1 aromatic carbocycles. The minimum Gasteiger partial charge on any atom is -0.415 e. The van der Waals surface area contributed by atoms with E-state index in [2.05, 4.69) is 13.5 Å². The predicted octanol–water partition coefficient (Wildman–Crippen LogP) is 4.97. The lowest BCUT2D eigenvalue weighted by molar-refractivity contribution is -0.221. The molecule has 1 aliphatic heterocycles. The number of benzene rings is 1. The van der Waals surface area contributed by atoms with E-state index in [0.29, 0.717) is 24.3 Å². The van der Waals surface area contributed by atoms with Crippen molar-refractivity contribution in [3.8, 4) is 0 Å². The first-order valence-corrected chi connectivity index (χ1v) is 9.90. The Hall–Kier alpha value is -2.62. The van der Waals surface area contributed by atoms with Gasteiger partial charge >= 0.3 is 11.9 Å². The molecule has 2 fully saturated rings. The van der Waals surface area contributed by atoms with Gasteiger partial charge in [0.2, 0.25) is 0 Å². The Morgan fingerprint density at radius 3 is 2.82 bits per heavy atom. The minimum absolute atomic E-state index is 0.0901. The van der Waals surface area contributed by atoms with Gasteiger partial charge in [-0.1, -0.05) is 49.4 Å². The Morgan fingerprint density at radius 2 is 2.07 bits per heavy atom. The predicted molar refractivity (Wildman–Crippen MR) is 107 cm³/mol. The molecular formula is C24H26O4. The van der Waals surface area contributed by atoms with Gasteiger partial charge in [-0.25, -0.2) is 9.59 Å². The molecule has 2 aliphatic carbocycles. The summed E-state index contributed by atoms with van der Waals surface area (Å²) in [6, 6.07) is 9.55. The fourth-order valence-corrected chi connectivity index (χ4v) is 5.09. The van der Waals surface area contributed by atoms with E-state index in [0.717, 1.165) is 30.4 Å². The standard InChI is InChI=1S/C24H26O4/c1-16-8-7-13-23(3)15-24(20(14-19(16)23)17(2)22(26)28-24)27-21(25)12-11-18-9-5-4-6-10-18/h4-6,9-12,19H,1,7-8,13-15H2,2-3H3/b12-11+/t19-,23+,24-/m0/s1. The van der Waals surface area contributed by atoms with Crippen LogP contribution in [-0.4, -0.2) is 17.7 Å². The molecular weight excluding hydrogens is 352 g/mol. The van der Waals surface area contributed by atoms with Gasteiger partial charge in [0.25, 0.3) is 5.79 Å². The highest BCUT2D eigenvalue weighted by Crippen LogP contribution is 2.59. The highest BCUT2D eigenvalue weighted by Gasteiger charge is 2.60. The second kappa shape index (κ2) is 6.77. The van der Waals surface area contributed by atoms with E-state index in [-0.39, 0.29) is 11.4 Å². The highest BCUT2D eigenvalue weighted by atomic mass is 16.7. The number of carbonyl (C=O) groups is 2. The van der Waals surface area contributed by atoms with Crippen molar-refractivity contribution in [1.29, 1.82) is 0 Å². The number of hydrogen-bond donors (Lipinski definition) is 0. The van der Waals surface area contributed by atoms with Gasteiger partial charge in [0.1, 0.15) is 0 Å². The number of ether oxygens (including phenoxy) is 2. The van der Waals surface area contributed by atoms with Crippen molar-refractivity contribution in [1.82, 2.24) is 0 Å². The summed E-state index contributed by atoms with van der Waals surface area (Å²) in [5.41, 5.74) is 3.43. The topological polar surface area (TPSA) is 52.6 Å². The summed E-state index contributed by atoms with van der Waals surface area (Å²) in [6.07, 6.45) is 7.37. The first kappa shape index (κ1) is 18.7. The van der Waals surface area contributed by atoms with Gasteiger partial charge < -0.3 is 9.47 Å². The molecule has 0 N–H and O–H groups in total. The molecule has 4 nitrogen and oxygen atoms in total. The molecule has 3 atom stereocenters. The van der Waals surface area contributed by atoms with Gasteiger partial charge in [0, 0.05) is 23.6 Å². The Kier molecular flexibility index (Phi) is 4.53. The monoisotopic (exact) mass is 378 g/mol. The van der Waals surface area contributed by atoms with Crippen LogP contribution in [-0.2, 0) is 19.1 Å². The Labute approximate surface area is 165 Å². The van der Waals surface area contributed by atoms with Crippen molar-refractivity contribution in [3.63, 3.8) is 0 Å². The van der Waals surface area contributed by atoms with E-state index in [1.165, 1.54) is 11.6 Å². The summed E-state index contributed by atoms with van der Waals surface area (Å²) in [7, 11) is 0. The Bertz CT molecular complexity index is 894. The molecule has 1 heterocycles. The smallest absolute Gasteiger partial charge is 0.337 e. The van der Waals surface area contributed by atoms with Crippen LogP contribution in [0.4, 0.5) is 0 Å². The van der Waals surface area contributed by atoms with E-state index in [9.17, 15) is 9.59 Å². The van der Waals surface area contributed by atoms with E-state index >= 15 is 0 Å². The van der Waals surface area contributed by atoms with Crippen LogP contribution >= 0.6 is 0 Å². The average molecular weight is 378 g/mol. The molecule has 4 rings (SSSR count). The summed E-state index contributed by atoms with van der Waals surface area (Å²) >= 11 is 0. The van der Waals surface area contributed by atoms with Crippen LogP contribution in [0, 0.1) is 11.3 Å². The summed E-state index contributed by atoms with van der Waals surface area (Å²) in [5, 5.41) is 0. The third-order valence-electron chi connectivity index (χ3n) is 6.58. The molecule has 1 aromatic rings. The Balaban J connectivity index is 1.62. The van der Waals surface area contributed by atoms with Crippen molar-refractivity contribution in [2.75, 3.05) is 0 Å². The van der Waals surface area contributed by atoms with Crippen molar-refractivity contribution in [3.05, 3.63) is 65.3 Å². The van der Waals surface area contributed by atoms with E-state index in [4.69, 9.17) is 9.47 Å². The van der Waals surface area contributed by atoms with E-state index in [1.807, 2.05) is 30.3 Å². The van der Waals surface area contributed by atoms with Crippen molar-refractivity contribution in [2.24, 2.45) is 11.3 Å². The third-order valence-corrected chi connectivity index (χ3v) is 6.58. The molecule has 4 heteroatoms. The van der Waals surface area contributed by atoms with Crippen LogP contribution in [0.3, 0.4) is 0 Å². The van der Waals surface area contributed by atoms with Crippen LogP contribution in [0.15, 0.2) is 59.7 Å². The molecule has 146 valence electrons. The van der Waals surface area contributed by atoms with Gasteiger partial charge in [-0.2, -0.15) is 0 Å². The molecule has 28 heavy (non-hydrogen) atoms. The lowest BCUT2D eigenvalue weighted by Crippen LogP contribution is -2.50. The quantitative estimate of drug-likeness (QED) is 0.423. The fraction of sp³-hybridized carbons (Fsp3) is 0.417. The van der Waals surface area contributed by atoms with Crippen LogP contribution < -0.4 is 0 Å². The van der Waals surface area contributed by atoms with Gasteiger partial charge in [-0.3, -0.25) is 0 Å². The summed E-state index contributed by atoms with van der Waals surface area (Å²) in [5.74, 6) is -1.86. The van der Waals surface area contributed by atoms with Gasteiger partial charge in [-0.05, 0) is 55.6 Å². The molecule has 0 aromatic heterocycles. The van der Waals surface area contributed by atoms with Gasteiger partial charge in [-0.15, -0.1) is 0 Å². The van der Waals surface area contributed by atoms with Crippen LogP contribution in [0.25, 0.3) is 6.08 Å². The normalized spacial score (nSPS) is 32.1. The zero-order chi connectivity index (χ0) is 19.9. The summed E-state index contributed by atoms with van der Waals surface area (Å²) in [4.78, 5) is 25.0. The molecule has 0 spiro atoms. The Morgan fingerprint density at radius 1 is 1.32 bits per heavy atom. The molecule has 0 unspecified atom stereocenters. The fourth-order valence-electron chi connectivity index (χ4n) is 5.09. The number of carbonyl (C=O) groups excluding carboxylic acids is 2. The minimum atomic E-state index is -1.28. The maximum atomic E-state index is 12.6. The molecule has 3 aliphatic rings. The molecule has 0 saturated heterocycles. The van der Waals surface area contributed by atoms with Crippen molar-refractivity contribution >= 4 is 18.0 Å². The largest absolute Gasteiger partial charge is 0.415 e. The van der Waals surface area contributed by atoms with E-state index in [1.54, 1.807) is 13.0 Å². The first-order chi connectivity index (χ1) is 13.3. The maximum Gasteiger partial charge on any atom is 0.337 e. The molecule has 0 radical (unpaired) electrons. The summed E-state index contributed by atoms with van der Waals surface area (Å²) < 4.78 is 11.6. The highest BCUT2D eigenvalue weighted by molar-refractivity contribution is 5.93. The second-order valence-electron chi connectivity index (χ2n) is 8.51. The molecule has 0 bridgehead atoms. The number of rotatable bonds is 3. The average Bonchev–Trinajstić information content (AvgIpc) is 2.88. The second-order valence-corrected chi connectivity index (χ2v) is 8.51. The SMILES string of the molecule is C=C1CCC[C@]2(C)C[C@]3(OC(=O)/C=C/c4ccccc4)OC(=O)C(C)=C3C[C@@H]12. The number of fused-ring (bicyclic) bond motifs is 2. The van der Waals surface area contributed by atoms with Crippen LogP contribution in [0.1, 0.15) is 51.5 Å². The van der Waals surface area contributed by atoms with Crippen molar-refractivity contribution in [2.45, 2.75) is 51.7 Å². The molecule has 0 amide bonds. The maximum absolute atomic E-state index is 12.6. The zero-order valence-corrected chi connectivity index (χ0v) is 16.5. The number of allylic oxidation sites excluding steroid dienone is 1. The lowest BCUT2D eigenvalue weighted by atomic mass is 9.56. The van der Waals surface area contributed by atoms with Crippen LogP contribution in [0.2, 0.25) is 0 Å². The first-order valence-electron chi connectivity index (χ1n) is 9.90. The molecule has 2 saturated carbocycles. The van der Waals surface area contributed by atoms with Crippen LogP contribution in [0.5, 0.6) is 0 Å². The number of esters is 2. The third kappa shape index (κ3) is 3.11. The van der Waals surface area contributed by atoms with Crippen molar-refractivity contribution < 1.29 is 19.1 Å².